The normalized spacial score (nSPS) is 14.8. The van der Waals surface area contributed by atoms with Gasteiger partial charge in [-0.05, 0) is 42.7 Å². The summed E-state index contributed by atoms with van der Waals surface area (Å²) in [7, 11) is 1.67. The van der Waals surface area contributed by atoms with Crippen LogP contribution in [0.5, 0.6) is 5.75 Å². The minimum Gasteiger partial charge on any atom is -0.496 e. The lowest BCUT2D eigenvalue weighted by Gasteiger charge is -2.11. The van der Waals surface area contributed by atoms with Crippen molar-refractivity contribution in [3.05, 3.63) is 22.6 Å². The number of methoxy groups -OCH3 is 1. The minimum atomic E-state index is -0.204. The van der Waals surface area contributed by atoms with Crippen molar-refractivity contribution in [1.82, 2.24) is 20.6 Å². The van der Waals surface area contributed by atoms with Gasteiger partial charge in [-0.25, -0.2) is 0 Å². The number of benzene rings is 1. The summed E-state index contributed by atoms with van der Waals surface area (Å²) < 4.78 is 6.50. The van der Waals surface area contributed by atoms with Crippen LogP contribution in [0.1, 0.15) is 40.9 Å². The highest BCUT2D eigenvalue weighted by Gasteiger charge is 2.25. The van der Waals surface area contributed by atoms with E-state index in [0.717, 1.165) is 26.3 Å². The van der Waals surface area contributed by atoms with E-state index >= 15 is 0 Å². The summed E-state index contributed by atoms with van der Waals surface area (Å²) in [6.45, 7) is 2.03. The van der Waals surface area contributed by atoms with Crippen molar-refractivity contribution in [3.8, 4) is 5.75 Å². The van der Waals surface area contributed by atoms with Crippen molar-refractivity contribution >= 4 is 45.0 Å². The summed E-state index contributed by atoms with van der Waals surface area (Å²) in [5, 5.41) is 17.8. The first-order chi connectivity index (χ1) is 12.7. The molecular formula is C17H19N5O2S2. The average Bonchev–Trinajstić information content (AvgIpc) is 3.37. The molecule has 0 bridgehead atoms. The van der Waals surface area contributed by atoms with Gasteiger partial charge in [0, 0.05) is 20.2 Å². The lowest BCUT2D eigenvalue weighted by molar-refractivity contribution is 0.102. The number of carbonyl (C=O) groups is 1. The van der Waals surface area contributed by atoms with Gasteiger partial charge >= 0.3 is 0 Å². The second kappa shape index (κ2) is 7.24. The number of aromatic amines is 1. The summed E-state index contributed by atoms with van der Waals surface area (Å²) >= 11 is 3.30. The molecule has 0 unspecified atom stereocenters. The maximum atomic E-state index is 12.8. The molecule has 1 aliphatic rings. The van der Waals surface area contributed by atoms with Gasteiger partial charge in [-0.2, -0.15) is 5.21 Å². The van der Waals surface area contributed by atoms with Crippen molar-refractivity contribution in [3.63, 3.8) is 0 Å². The zero-order chi connectivity index (χ0) is 18.1. The Kier molecular flexibility index (Phi) is 4.82. The third-order valence-electron chi connectivity index (χ3n) is 4.52. The number of ether oxygens (including phenoxy) is 1. The van der Waals surface area contributed by atoms with Crippen molar-refractivity contribution < 1.29 is 9.53 Å². The monoisotopic (exact) mass is 389 g/mol. The van der Waals surface area contributed by atoms with Gasteiger partial charge in [0.2, 0.25) is 0 Å². The predicted molar refractivity (Wildman–Crippen MR) is 103 cm³/mol. The predicted octanol–water partition coefficient (Wildman–Crippen LogP) is 4.02. The zero-order valence-electron chi connectivity index (χ0n) is 14.5. The van der Waals surface area contributed by atoms with E-state index in [9.17, 15) is 4.79 Å². The number of H-pyrrole nitrogens is 1. The van der Waals surface area contributed by atoms with Crippen molar-refractivity contribution in [1.29, 1.82) is 0 Å². The molecule has 26 heavy (non-hydrogen) atoms. The number of tetrazole rings is 1. The van der Waals surface area contributed by atoms with Crippen LogP contribution in [0.4, 0.5) is 5.95 Å². The zero-order valence-corrected chi connectivity index (χ0v) is 16.2. The standard InChI is InChI=1S/C17H19N5O2S2/c1-9-7-11-13(8-12(9)24-2)26-15(14(11)25-10-5-3-4-6-10)16(23)18-17-19-21-22-20-17/h7-8,10H,3-6H2,1-2H3,(H2,18,19,20,21,22,23). The summed E-state index contributed by atoms with van der Waals surface area (Å²) in [5.41, 5.74) is 1.07. The largest absolute Gasteiger partial charge is 0.496 e. The Hall–Kier alpha value is -2.13. The molecule has 0 spiro atoms. The summed E-state index contributed by atoms with van der Waals surface area (Å²) in [5.74, 6) is 0.809. The molecular weight excluding hydrogens is 370 g/mol. The highest BCUT2D eigenvalue weighted by molar-refractivity contribution is 8.00. The van der Waals surface area contributed by atoms with Gasteiger partial charge in [0.15, 0.2) is 0 Å². The summed E-state index contributed by atoms with van der Waals surface area (Å²) in [6, 6.07) is 4.13. The van der Waals surface area contributed by atoms with Gasteiger partial charge < -0.3 is 4.74 Å². The van der Waals surface area contributed by atoms with E-state index in [1.165, 1.54) is 37.0 Å². The molecule has 4 rings (SSSR count). The molecule has 1 amide bonds. The number of nitrogens with one attached hydrogen (secondary N) is 2. The van der Waals surface area contributed by atoms with Gasteiger partial charge in [0.1, 0.15) is 10.6 Å². The van der Waals surface area contributed by atoms with Crippen molar-refractivity contribution in [2.24, 2.45) is 0 Å². The van der Waals surface area contributed by atoms with Crippen molar-refractivity contribution in [2.45, 2.75) is 42.8 Å². The summed E-state index contributed by atoms with van der Waals surface area (Å²) in [6.07, 6.45) is 4.92. The number of carbonyl (C=O) groups excluding carboxylic acids is 1. The Bertz CT molecular complexity index is 932. The molecule has 7 nitrogen and oxygen atoms in total. The van der Waals surface area contributed by atoms with Crippen LogP contribution < -0.4 is 10.1 Å². The Labute approximate surface area is 158 Å². The first-order valence-electron chi connectivity index (χ1n) is 8.48. The van der Waals surface area contributed by atoms with Gasteiger partial charge in [0.05, 0.1) is 7.11 Å². The fourth-order valence-electron chi connectivity index (χ4n) is 3.24. The Morgan fingerprint density at radius 2 is 2.19 bits per heavy atom. The van der Waals surface area contributed by atoms with Crippen LogP contribution in [0.25, 0.3) is 10.1 Å². The molecule has 3 aromatic rings. The lowest BCUT2D eigenvalue weighted by Crippen LogP contribution is -2.12. The smallest absolute Gasteiger partial charge is 0.270 e. The molecule has 0 saturated heterocycles. The highest BCUT2D eigenvalue weighted by Crippen LogP contribution is 2.45. The van der Waals surface area contributed by atoms with E-state index in [1.807, 2.05) is 24.8 Å². The molecule has 136 valence electrons. The molecule has 0 radical (unpaired) electrons. The summed E-state index contributed by atoms with van der Waals surface area (Å²) in [4.78, 5) is 14.6. The number of hydrogen-bond donors (Lipinski definition) is 2. The highest BCUT2D eigenvalue weighted by atomic mass is 32.2. The molecule has 2 aromatic heterocycles. The van der Waals surface area contributed by atoms with Crippen LogP contribution in [-0.4, -0.2) is 38.9 Å². The number of hydrogen-bond acceptors (Lipinski definition) is 7. The number of amides is 1. The van der Waals surface area contributed by atoms with Crippen LogP contribution in [-0.2, 0) is 0 Å². The van der Waals surface area contributed by atoms with Gasteiger partial charge in [-0.3, -0.25) is 10.1 Å². The van der Waals surface area contributed by atoms with Crippen LogP contribution in [0.15, 0.2) is 17.0 Å². The first-order valence-corrected chi connectivity index (χ1v) is 10.2. The van der Waals surface area contributed by atoms with E-state index in [4.69, 9.17) is 4.74 Å². The van der Waals surface area contributed by atoms with Crippen LogP contribution in [0.2, 0.25) is 0 Å². The van der Waals surface area contributed by atoms with E-state index in [0.29, 0.717) is 10.1 Å². The van der Waals surface area contributed by atoms with Crippen LogP contribution >= 0.6 is 23.1 Å². The molecule has 2 heterocycles. The minimum absolute atomic E-state index is 0.179. The van der Waals surface area contributed by atoms with E-state index in [1.54, 1.807) is 7.11 Å². The maximum Gasteiger partial charge on any atom is 0.270 e. The van der Waals surface area contributed by atoms with E-state index < -0.39 is 0 Å². The quantitative estimate of drug-likeness (QED) is 0.685. The van der Waals surface area contributed by atoms with Gasteiger partial charge in [-0.15, -0.1) is 28.2 Å². The van der Waals surface area contributed by atoms with Crippen molar-refractivity contribution in [2.75, 3.05) is 12.4 Å². The van der Waals surface area contributed by atoms with Gasteiger partial charge in [-0.1, -0.05) is 17.9 Å². The molecule has 1 fully saturated rings. The second-order valence-corrected chi connectivity index (χ2v) is 8.65. The number of fused-ring (bicyclic) bond motifs is 1. The fraction of sp³-hybridized carbons (Fsp3) is 0.412. The number of aromatic nitrogens is 4. The van der Waals surface area contributed by atoms with Crippen LogP contribution in [0, 0.1) is 6.92 Å². The Morgan fingerprint density at radius 1 is 1.38 bits per heavy atom. The number of anilines is 1. The Morgan fingerprint density at radius 3 is 2.88 bits per heavy atom. The molecule has 0 atom stereocenters. The number of aryl methyl sites for hydroxylation is 1. The SMILES string of the molecule is COc1cc2sc(C(=O)Nc3nn[nH]n3)c(SC3CCCC3)c2cc1C. The van der Waals surface area contributed by atoms with E-state index in [2.05, 4.69) is 32.0 Å². The number of thioether (sulfide) groups is 1. The molecule has 9 heteroatoms. The fourth-order valence-corrected chi connectivity index (χ4v) is 5.98. The molecule has 1 saturated carbocycles. The third kappa shape index (κ3) is 3.28. The van der Waals surface area contributed by atoms with Crippen LogP contribution in [0.3, 0.4) is 0 Å². The lowest BCUT2D eigenvalue weighted by atomic mass is 10.1. The van der Waals surface area contributed by atoms with Gasteiger partial charge in [0.25, 0.3) is 11.9 Å². The molecule has 1 aromatic carbocycles. The first kappa shape index (κ1) is 17.3. The third-order valence-corrected chi connectivity index (χ3v) is 7.27. The molecule has 1 aliphatic carbocycles. The second-order valence-electron chi connectivity index (χ2n) is 6.29. The number of thiophene rings is 1. The number of nitrogens with zero attached hydrogens (tertiary/aromatic N) is 3. The molecule has 2 N–H and O–H groups in total. The maximum absolute atomic E-state index is 12.8. The number of rotatable bonds is 5. The Balaban J connectivity index is 1.76. The van der Waals surface area contributed by atoms with E-state index in [-0.39, 0.29) is 11.9 Å². The average molecular weight is 390 g/mol. The topological polar surface area (TPSA) is 92.8 Å². The molecule has 0 aliphatic heterocycles.